The standard InChI is InChI=1S/C39H30N6/c1-5-41-31-23-22-29-28-21-20-27-26-18-12-13-19-30(26)39(2,3)32(27)34(28)45(35(29)33(31)40-4)38-43-36(24-14-8-6-9-15-24)42-37(44-38)25-16-10-7-11-17-25/h5-23H,4H2,1-3H3. The Morgan fingerprint density at radius 2 is 1.27 bits per heavy atom. The minimum Gasteiger partial charge on any atom is -0.275 e. The molecule has 2 aromatic heterocycles. The minimum atomic E-state index is -0.277. The van der Waals surface area contributed by atoms with E-state index in [1.165, 1.54) is 22.3 Å². The Labute approximate surface area is 261 Å². The van der Waals surface area contributed by atoms with E-state index in [0.717, 1.165) is 38.6 Å². The van der Waals surface area contributed by atoms with Gasteiger partial charge in [-0.3, -0.25) is 14.6 Å². The lowest BCUT2D eigenvalue weighted by atomic mass is 9.81. The summed E-state index contributed by atoms with van der Waals surface area (Å²) in [5.41, 5.74) is 9.89. The normalized spacial score (nSPS) is 13.4. The van der Waals surface area contributed by atoms with Gasteiger partial charge in [-0.1, -0.05) is 111 Å². The van der Waals surface area contributed by atoms with E-state index in [0.29, 0.717) is 23.3 Å². The molecule has 0 spiro atoms. The third kappa shape index (κ3) is 3.99. The molecule has 0 atom stereocenters. The van der Waals surface area contributed by atoms with Crippen molar-refractivity contribution < 1.29 is 0 Å². The van der Waals surface area contributed by atoms with Crippen molar-refractivity contribution in [2.24, 2.45) is 9.98 Å². The van der Waals surface area contributed by atoms with Gasteiger partial charge in [-0.2, -0.15) is 9.97 Å². The zero-order valence-corrected chi connectivity index (χ0v) is 25.4. The van der Waals surface area contributed by atoms with Crippen LogP contribution in [0.25, 0.3) is 61.7 Å². The molecule has 0 bridgehead atoms. The lowest BCUT2D eigenvalue weighted by Gasteiger charge is -2.23. The molecule has 0 unspecified atom stereocenters. The third-order valence-corrected chi connectivity index (χ3v) is 8.87. The van der Waals surface area contributed by atoms with E-state index < -0.39 is 0 Å². The predicted octanol–water partition coefficient (Wildman–Crippen LogP) is 9.66. The quantitative estimate of drug-likeness (QED) is 0.190. The summed E-state index contributed by atoms with van der Waals surface area (Å²) in [6.45, 7) is 10.5. The first-order chi connectivity index (χ1) is 22.0. The molecule has 6 heteroatoms. The molecule has 0 aliphatic heterocycles. The summed E-state index contributed by atoms with van der Waals surface area (Å²) in [6.07, 6.45) is 1.78. The van der Waals surface area contributed by atoms with Gasteiger partial charge in [-0.25, -0.2) is 4.98 Å². The molecule has 7 aromatic rings. The van der Waals surface area contributed by atoms with Gasteiger partial charge in [0.2, 0.25) is 5.95 Å². The van der Waals surface area contributed by atoms with Crippen LogP contribution in [-0.4, -0.2) is 32.5 Å². The number of hydrogen-bond acceptors (Lipinski definition) is 5. The summed E-state index contributed by atoms with van der Waals surface area (Å²) in [5, 5.41) is 2.14. The molecule has 5 aromatic carbocycles. The highest BCUT2D eigenvalue weighted by Crippen LogP contribution is 2.54. The van der Waals surface area contributed by atoms with Crippen LogP contribution in [0.5, 0.6) is 0 Å². The second kappa shape index (κ2) is 10.2. The Balaban J connectivity index is 1.57. The first kappa shape index (κ1) is 26.8. The number of fused-ring (bicyclic) bond motifs is 7. The van der Waals surface area contributed by atoms with Gasteiger partial charge >= 0.3 is 0 Å². The summed E-state index contributed by atoms with van der Waals surface area (Å²) in [6, 6.07) is 37.4. The molecule has 45 heavy (non-hydrogen) atoms. The van der Waals surface area contributed by atoms with Crippen molar-refractivity contribution in [1.82, 2.24) is 19.5 Å². The molecule has 0 N–H and O–H groups in total. The smallest absolute Gasteiger partial charge is 0.238 e. The van der Waals surface area contributed by atoms with Gasteiger partial charge in [0, 0.05) is 33.5 Å². The maximum absolute atomic E-state index is 5.19. The molecule has 1 aliphatic rings. The van der Waals surface area contributed by atoms with Crippen LogP contribution in [0.1, 0.15) is 31.9 Å². The first-order valence-corrected chi connectivity index (χ1v) is 15.1. The Bertz CT molecular complexity index is 2260. The fourth-order valence-electron chi connectivity index (χ4n) is 6.92. The van der Waals surface area contributed by atoms with Crippen LogP contribution >= 0.6 is 0 Å². The summed E-state index contributed by atoms with van der Waals surface area (Å²) in [4.78, 5) is 24.6. The van der Waals surface area contributed by atoms with Crippen LogP contribution in [0.15, 0.2) is 119 Å². The maximum Gasteiger partial charge on any atom is 0.238 e. The molecule has 0 saturated carbocycles. The highest BCUT2D eigenvalue weighted by molar-refractivity contribution is 6.17. The van der Waals surface area contributed by atoms with Gasteiger partial charge in [0.05, 0.1) is 16.7 Å². The number of aliphatic imine (C=N–C) groups is 2. The van der Waals surface area contributed by atoms with Crippen LogP contribution in [0.2, 0.25) is 0 Å². The third-order valence-electron chi connectivity index (χ3n) is 8.87. The minimum absolute atomic E-state index is 0.277. The maximum atomic E-state index is 5.19. The van der Waals surface area contributed by atoms with Crippen molar-refractivity contribution in [1.29, 1.82) is 0 Å². The van der Waals surface area contributed by atoms with E-state index in [1.54, 1.807) is 6.21 Å². The van der Waals surface area contributed by atoms with Crippen molar-refractivity contribution in [3.8, 4) is 39.9 Å². The fourth-order valence-corrected chi connectivity index (χ4v) is 6.92. The number of hydrogen-bond donors (Lipinski definition) is 0. The number of benzene rings is 5. The Hall–Kier alpha value is -5.75. The average Bonchev–Trinajstić information content (AvgIpc) is 3.54. The molecular weight excluding hydrogens is 552 g/mol. The van der Waals surface area contributed by atoms with Crippen LogP contribution in [0, 0.1) is 0 Å². The SMILES string of the molecule is C=Nc1c(N=CC)ccc2c3ccc4c(c3n(-c3nc(-c5ccccc5)nc(-c5ccccc5)n3)c12)C(C)(C)c1ccccc1-4. The summed E-state index contributed by atoms with van der Waals surface area (Å²) >= 11 is 0. The van der Waals surface area contributed by atoms with Crippen molar-refractivity contribution in [2.45, 2.75) is 26.2 Å². The Kier molecular flexibility index (Phi) is 6.07. The molecule has 0 fully saturated rings. The van der Waals surface area contributed by atoms with Crippen LogP contribution in [0.4, 0.5) is 11.4 Å². The Morgan fingerprint density at radius 3 is 1.91 bits per heavy atom. The molecule has 8 rings (SSSR count). The van der Waals surface area contributed by atoms with Crippen LogP contribution in [-0.2, 0) is 5.41 Å². The largest absolute Gasteiger partial charge is 0.275 e. The van der Waals surface area contributed by atoms with Gasteiger partial charge in [0.1, 0.15) is 5.69 Å². The van der Waals surface area contributed by atoms with Gasteiger partial charge in [0.15, 0.2) is 11.6 Å². The van der Waals surface area contributed by atoms with Gasteiger partial charge in [-0.15, -0.1) is 0 Å². The molecular formula is C39H30N6. The van der Waals surface area contributed by atoms with Gasteiger partial charge in [-0.05, 0) is 48.0 Å². The van der Waals surface area contributed by atoms with E-state index in [1.807, 2.05) is 73.7 Å². The van der Waals surface area contributed by atoms with E-state index in [2.05, 4.69) is 77.6 Å². The van der Waals surface area contributed by atoms with Crippen molar-refractivity contribution in [2.75, 3.05) is 0 Å². The molecule has 216 valence electrons. The molecule has 1 aliphatic carbocycles. The van der Waals surface area contributed by atoms with Crippen molar-refractivity contribution in [3.63, 3.8) is 0 Å². The average molecular weight is 583 g/mol. The van der Waals surface area contributed by atoms with Gasteiger partial charge in [0.25, 0.3) is 0 Å². The molecule has 0 amide bonds. The zero-order valence-electron chi connectivity index (χ0n) is 25.4. The summed E-state index contributed by atoms with van der Waals surface area (Å²) in [7, 11) is 0. The van der Waals surface area contributed by atoms with Crippen molar-refractivity contribution in [3.05, 3.63) is 120 Å². The molecule has 0 radical (unpaired) electrons. The van der Waals surface area contributed by atoms with E-state index >= 15 is 0 Å². The molecule has 0 saturated heterocycles. The van der Waals surface area contributed by atoms with Crippen molar-refractivity contribution >= 4 is 46.1 Å². The van der Waals surface area contributed by atoms with Crippen LogP contribution < -0.4 is 0 Å². The summed E-state index contributed by atoms with van der Waals surface area (Å²) in [5.74, 6) is 1.71. The van der Waals surface area contributed by atoms with E-state index in [9.17, 15) is 0 Å². The second-order valence-corrected chi connectivity index (χ2v) is 11.8. The predicted molar refractivity (Wildman–Crippen MR) is 186 cm³/mol. The zero-order chi connectivity index (χ0) is 30.7. The van der Waals surface area contributed by atoms with Crippen LogP contribution in [0.3, 0.4) is 0 Å². The summed E-state index contributed by atoms with van der Waals surface area (Å²) < 4.78 is 2.18. The first-order valence-electron chi connectivity index (χ1n) is 15.1. The molecule has 6 nitrogen and oxygen atoms in total. The second-order valence-electron chi connectivity index (χ2n) is 11.8. The number of nitrogens with zero attached hydrogens (tertiary/aromatic N) is 6. The van der Waals surface area contributed by atoms with Gasteiger partial charge < -0.3 is 0 Å². The van der Waals surface area contributed by atoms with E-state index in [-0.39, 0.29) is 5.41 Å². The monoisotopic (exact) mass is 582 g/mol. The highest BCUT2D eigenvalue weighted by atomic mass is 15.2. The highest BCUT2D eigenvalue weighted by Gasteiger charge is 2.39. The number of aromatic nitrogens is 4. The van der Waals surface area contributed by atoms with E-state index in [4.69, 9.17) is 15.0 Å². The fraction of sp³-hybridized carbons (Fsp3) is 0.103. The topological polar surface area (TPSA) is 68.3 Å². The Morgan fingerprint density at radius 1 is 0.667 bits per heavy atom. The molecule has 2 heterocycles. The number of rotatable bonds is 5. The lowest BCUT2D eigenvalue weighted by Crippen LogP contribution is -2.17. The lowest BCUT2D eigenvalue weighted by molar-refractivity contribution is 0.663.